The predicted octanol–water partition coefficient (Wildman–Crippen LogP) is 6.36. The number of carbonyl (C=O) groups excluding carboxylic acids is 2. The van der Waals surface area contributed by atoms with Crippen molar-refractivity contribution in [3.05, 3.63) is 131 Å². The van der Waals surface area contributed by atoms with Crippen molar-refractivity contribution in [3.63, 3.8) is 0 Å². The molecule has 0 aliphatic rings. The molecule has 4 rings (SSSR count). The van der Waals surface area contributed by atoms with Crippen molar-refractivity contribution in [3.8, 4) is 0 Å². The zero-order valence-electron chi connectivity index (χ0n) is 26.9. The van der Waals surface area contributed by atoms with Gasteiger partial charge in [0.05, 0.1) is 10.6 Å². The van der Waals surface area contributed by atoms with Gasteiger partial charge in [-0.1, -0.05) is 90.0 Å². The van der Waals surface area contributed by atoms with Crippen LogP contribution in [0.15, 0.2) is 108 Å². The molecule has 236 valence electrons. The number of amides is 2. The normalized spacial score (nSPS) is 12.3. The highest BCUT2D eigenvalue weighted by Gasteiger charge is 2.35. The number of hydrogen-bond acceptors (Lipinski definition) is 4. The first-order valence-corrected chi connectivity index (χ1v) is 16.5. The van der Waals surface area contributed by atoms with E-state index >= 15 is 0 Å². The van der Waals surface area contributed by atoms with Crippen molar-refractivity contribution < 1.29 is 18.0 Å². The molecule has 0 heterocycles. The van der Waals surface area contributed by atoms with Crippen molar-refractivity contribution in [2.75, 3.05) is 10.8 Å². The molecular formula is C37H43N3O4S. The Morgan fingerprint density at radius 2 is 1.33 bits per heavy atom. The van der Waals surface area contributed by atoms with Crippen LogP contribution in [0.2, 0.25) is 0 Å². The van der Waals surface area contributed by atoms with Crippen LogP contribution in [-0.2, 0) is 32.6 Å². The summed E-state index contributed by atoms with van der Waals surface area (Å²) in [6.45, 7) is 11.1. The summed E-state index contributed by atoms with van der Waals surface area (Å²) in [6, 6.07) is 30.1. The Labute approximate surface area is 268 Å². The quantitative estimate of drug-likeness (QED) is 0.210. The molecule has 2 amide bonds. The standard InChI is InChI=1S/C37H43N3O4S/c1-27-18-20-33(21-19-27)45(43,44)40(32-17-11-13-29(3)23-32)26-35(41)39(25-31-16-10-12-28(2)22-31)34(36(42)38-37(4,5)6)24-30-14-8-7-9-15-30/h7-23,34H,24-26H2,1-6H3,(H,38,42)/t34-/m1/s1. The molecule has 0 aliphatic heterocycles. The molecule has 0 saturated carbocycles. The minimum atomic E-state index is -4.14. The molecule has 4 aromatic carbocycles. The fourth-order valence-corrected chi connectivity index (χ4v) is 6.57. The summed E-state index contributed by atoms with van der Waals surface area (Å²) in [6.07, 6.45) is 0.259. The maximum Gasteiger partial charge on any atom is 0.264 e. The third kappa shape index (κ3) is 9.05. The van der Waals surface area contributed by atoms with Crippen LogP contribution in [0, 0.1) is 20.8 Å². The fraction of sp³-hybridized carbons (Fsp3) is 0.297. The molecule has 45 heavy (non-hydrogen) atoms. The molecule has 0 saturated heterocycles. The lowest BCUT2D eigenvalue weighted by Gasteiger charge is -2.35. The van der Waals surface area contributed by atoms with Gasteiger partial charge in [0.15, 0.2) is 0 Å². The maximum absolute atomic E-state index is 14.6. The second kappa shape index (κ2) is 14.1. The monoisotopic (exact) mass is 625 g/mol. The number of hydrogen-bond donors (Lipinski definition) is 1. The zero-order valence-corrected chi connectivity index (χ0v) is 27.8. The van der Waals surface area contributed by atoms with Crippen LogP contribution in [0.25, 0.3) is 0 Å². The van der Waals surface area contributed by atoms with Gasteiger partial charge in [-0.3, -0.25) is 13.9 Å². The highest BCUT2D eigenvalue weighted by atomic mass is 32.2. The number of sulfonamides is 1. The van der Waals surface area contributed by atoms with E-state index in [1.807, 2.05) is 102 Å². The molecule has 4 aromatic rings. The van der Waals surface area contributed by atoms with Gasteiger partial charge >= 0.3 is 0 Å². The Morgan fingerprint density at radius 3 is 1.93 bits per heavy atom. The first-order valence-electron chi connectivity index (χ1n) is 15.1. The maximum atomic E-state index is 14.6. The number of nitrogens with zero attached hydrogens (tertiary/aromatic N) is 2. The van der Waals surface area contributed by atoms with Crippen LogP contribution in [0.3, 0.4) is 0 Å². The Hall–Kier alpha value is -4.43. The van der Waals surface area contributed by atoms with Crippen molar-refractivity contribution in [1.82, 2.24) is 10.2 Å². The molecule has 0 fully saturated rings. The Bertz CT molecular complexity index is 1730. The first-order chi connectivity index (χ1) is 21.2. The first kappa shape index (κ1) is 33.5. The molecular weight excluding hydrogens is 582 g/mol. The van der Waals surface area contributed by atoms with Gasteiger partial charge in [0.25, 0.3) is 10.0 Å². The van der Waals surface area contributed by atoms with Gasteiger partial charge in [-0.25, -0.2) is 8.42 Å². The summed E-state index contributed by atoms with van der Waals surface area (Å²) >= 11 is 0. The predicted molar refractivity (Wildman–Crippen MR) is 180 cm³/mol. The van der Waals surface area contributed by atoms with Gasteiger partial charge < -0.3 is 10.2 Å². The van der Waals surface area contributed by atoms with E-state index in [0.29, 0.717) is 5.69 Å². The van der Waals surface area contributed by atoms with Crippen molar-refractivity contribution in [2.24, 2.45) is 0 Å². The third-order valence-corrected chi connectivity index (χ3v) is 9.17. The highest BCUT2D eigenvalue weighted by molar-refractivity contribution is 7.92. The summed E-state index contributed by atoms with van der Waals surface area (Å²) in [7, 11) is -4.14. The molecule has 7 nitrogen and oxygen atoms in total. The molecule has 0 aromatic heterocycles. The lowest BCUT2D eigenvalue weighted by atomic mass is 10.0. The van der Waals surface area contributed by atoms with Gasteiger partial charge in [0, 0.05) is 18.5 Å². The van der Waals surface area contributed by atoms with Crippen LogP contribution in [0.1, 0.15) is 48.6 Å². The van der Waals surface area contributed by atoms with E-state index in [1.54, 1.807) is 42.5 Å². The van der Waals surface area contributed by atoms with Crippen LogP contribution in [-0.4, -0.2) is 43.3 Å². The highest BCUT2D eigenvalue weighted by Crippen LogP contribution is 2.26. The second-order valence-corrected chi connectivity index (χ2v) is 14.5. The minimum Gasteiger partial charge on any atom is -0.350 e. The number of nitrogens with one attached hydrogen (secondary N) is 1. The van der Waals surface area contributed by atoms with Crippen LogP contribution >= 0.6 is 0 Å². The largest absolute Gasteiger partial charge is 0.350 e. The molecule has 1 atom stereocenters. The number of carbonyl (C=O) groups is 2. The van der Waals surface area contributed by atoms with Crippen LogP contribution < -0.4 is 9.62 Å². The van der Waals surface area contributed by atoms with E-state index in [-0.39, 0.29) is 23.8 Å². The summed E-state index contributed by atoms with van der Waals surface area (Å²) in [5, 5.41) is 3.06. The lowest BCUT2D eigenvalue weighted by Crippen LogP contribution is -2.56. The molecule has 8 heteroatoms. The SMILES string of the molecule is Cc1ccc(S(=O)(=O)N(CC(=O)N(Cc2cccc(C)c2)[C@H](Cc2ccccc2)C(=O)NC(C)(C)C)c2cccc(C)c2)cc1. The van der Waals surface area contributed by atoms with Gasteiger partial charge in [0.1, 0.15) is 12.6 Å². The second-order valence-electron chi connectivity index (χ2n) is 12.6. The summed E-state index contributed by atoms with van der Waals surface area (Å²) in [4.78, 5) is 30.2. The number of rotatable bonds is 11. The molecule has 0 unspecified atom stereocenters. The third-order valence-electron chi connectivity index (χ3n) is 7.38. The summed E-state index contributed by atoms with van der Waals surface area (Å²) in [5.41, 5.74) is 4.34. The minimum absolute atomic E-state index is 0.0824. The van der Waals surface area contributed by atoms with Crippen LogP contribution in [0.4, 0.5) is 5.69 Å². The van der Waals surface area contributed by atoms with E-state index in [2.05, 4.69) is 5.32 Å². The summed E-state index contributed by atoms with van der Waals surface area (Å²) < 4.78 is 29.5. The lowest BCUT2D eigenvalue weighted by molar-refractivity contribution is -0.140. The molecule has 0 bridgehead atoms. The Kier molecular flexibility index (Phi) is 10.5. The number of benzene rings is 4. The molecule has 0 radical (unpaired) electrons. The fourth-order valence-electron chi connectivity index (χ4n) is 5.16. The number of anilines is 1. The smallest absolute Gasteiger partial charge is 0.264 e. The van der Waals surface area contributed by atoms with Gasteiger partial charge in [0.2, 0.25) is 11.8 Å². The summed E-state index contributed by atoms with van der Waals surface area (Å²) in [5.74, 6) is -0.797. The van der Waals surface area contributed by atoms with Crippen molar-refractivity contribution in [2.45, 2.75) is 71.0 Å². The van der Waals surface area contributed by atoms with Crippen LogP contribution in [0.5, 0.6) is 0 Å². The van der Waals surface area contributed by atoms with E-state index in [1.165, 1.54) is 4.90 Å². The Balaban J connectivity index is 1.82. The molecule has 0 aliphatic carbocycles. The molecule has 1 N–H and O–H groups in total. The van der Waals surface area contributed by atoms with Crippen molar-refractivity contribution in [1.29, 1.82) is 0 Å². The van der Waals surface area contributed by atoms with E-state index in [9.17, 15) is 18.0 Å². The van der Waals surface area contributed by atoms with Gasteiger partial charge in [-0.05, 0) is 82.5 Å². The van der Waals surface area contributed by atoms with Crippen molar-refractivity contribution >= 4 is 27.5 Å². The average Bonchev–Trinajstić information content (AvgIpc) is 2.97. The topological polar surface area (TPSA) is 86.8 Å². The Morgan fingerprint density at radius 1 is 0.733 bits per heavy atom. The molecule has 0 spiro atoms. The number of aryl methyl sites for hydroxylation is 3. The average molecular weight is 626 g/mol. The van der Waals surface area contributed by atoms with E-state index < -0.39 is 34.1 Å². The van der Waals surface area contributed by atoms with Gasteiger partial charge in [-0.15, -0.1) is 0 Å². The van der Waals surface area contributed by atoms with E-state index in [0.717, 1.165) is 32.1 Å². The van der Waals surface area contributed by atoms with Gasteiger partial charge in [-0.2, -0.15) is 0 Å². The zero-order chi connectivity index (χ0) is 32.8. The van der Waals surface area contributed by atoms with E-state index in [4.69, 9.17) is 0 Å².